The van der Waals surface area contributed by atoms with E-state index in [9.17, 15) is 0 Å². The van der Waals surface area contributed by atoms with Crippen molar-refractivity contribution in [1.82, 2.24) is 5.32 Å². The van der Waals surface area contributed by atoms with Gasteiger partial charge in [0.05, 0.1) is 18.8 Å². The first-order valence-electron chi connectivity index (χ1n) is 7.25. The molecular formula is C14H27NO3. The molecule has 0 amide bonds. The minimum Gasteiger partial charge on any atom is -0.383 e. The lowest BCUT2D eigenvalue weighted by molar-refractivity contribution is -0.0911. The summed E-state index contributed by atoms with van der Waals surface area (Å²) in [5, 5.41) is 3.75. The van der Waals surface area contributed by atoms with Gasteiger partial charge < -0.3 is 19.5 Å². The first kappa shape index (κ1) is 14.3. The molecule has 18 heavy (non-hydrogen) atoms. The summed E-state index contributed by atoms with van der Waals surface area (Å²) >= 11 is 0. The lowest BCUT2D eigenvalue weighted by atomic mass is 9.89. The first-order valence-corrected chi connectivity index (χ1v) is 7.25. The van der Waals surface area contributed by atoms with E-state index >= 15 is 0 Å². The lowest BCUT2D eigenvalue weighted by Crippen LogP contribution is -2.51. The molecule has 4 heteroatoms. The third-order valence-electron chi connectivity index (χ3n) is 4.04. The van der Waals surface area contributed by atoms with Crippen LogP contribution >= 0.6 is 0 Å². The van der Waals surface area contributed by atoms with Crippen LogP contribution in [0.4, 0.5) is 0 Å². The number of ether oxygens (including phenoxy) is 3. The SMILES string of the molecule is CCCC(COC)NC1CCOC2(CCOC2)C1. The molecule has 2 saturated heterocycles. The van der Waals surface area contributed by atoms with Crippen molar-refractivity contribution < 1.29 is 14.2 Å². The van der Waals surface area contributed by atoms with Gasteiger partial charge in [-0.25, -0.2) is 0 Å². The van der Waals surface area contributed by atoms with Gasteiger partial charge in [-0.15, -0.1) is 0 Å². The number of hydrogen-bond acceptors (Lipinski definition) is 4. The summed E-state index contributed by atoms with van der Waals surface area (Å²) in [6.45, 7) is 5.50. The summed E-state index contributed by atoms with van der Waals surface area (Å²) in [6.07, 6.45) is 5.60. The number of methoxy groups -OCH3 is 1. The van der Waals surface area contributed by atoms with Gasteiger partial charge in [0.2, 0.25) is 0 Å². The minimum atomic E-state index is -0.000245. The predicted molar refractivity (Wildman–Crippen MR) is 70.8 cm³/mol. The summed E-state index contributed by atoms with van der Waals surface area (Å²) in [5.74, 6) is 0. The van der Waals surface area contributed by atoms with E-state index in [0.29, 0.717) is 12.1 Å². The second-order valence-corrected chi connectivity index (χ2v) is 5.63. The molecular weight excluding hydrogens is 230 g/mol. The molecule has 4 nitrogen and oxygen atoms in total. The van der Waals surface area contributed by atoms with Crippen molar-refractivity contribution in [3.05, 3.63) is 0 Å². The molecule has 2 aliphatic heterocycles. The van der Waals surface area contributed by atoms with Gasteiger partial charge in [0.25, 0.3) is 0 Å². The molecule has 0 saturated carbocycles. The molecule has 106 valence electrons. The van der Waals surface area contributed by atoms with Gasteiger partial charge in [0, 0.05) is 38.8 Å². The highest BCUT2D eigenvalue weighted by atomic mass is 16.6. The van der Waals surface area contributed by atoms with Crippen molar-refractivity contribution >= 4 is 0 Å². The Morgan fingerprint density at radius 1 is 1.44 bits per heavy atom. The van der Waals surface area contributed by atoms with Crippen LogP contribution in [0.25, 0.3) is 0 Å². The van der Waals surface area contributed by atoms with Gasteiger partial charge in [0.15, 0.2) is 0 Å². The van der Waals surface area contributed by atoms with E-state index in [4.69, 9.17) is 14.2 Å². The Hall–Kier alpha value is -0.160. The van der Waals surface area contributed by atoms with Crippen LogP contribution in [0, 0.1) is 0 Å². The maximum absolute atomic E-state index is 5.96. The highest BCUT2D eigenvalue weighted by Gasteiger charge is 2.41. The monoisotopic (exact) mass is 257 g/mol. The maximum Gasteiger partial charge on any atom is 0.0951 e. The van der Waals surface area contributed by atoms with Crippen LogP contribution in [-0.4, -0.2) is 51.2 Å². The molecule has 0 aromatic carbocycles. The second kappa shape index (κ2) is 6.85. The molecule has 1 N–H and O–H groups in total. The summed E-state index contributed by atoms with van der Waals surface area (Å²) in [7, 11) is 1.78. The Labute approximate surface area is 110 Å². The predicted octanol–water partition coefficient (Wildman–Crippen LogP) is 1.73. The number of nitrogens with one attached hydrogen (secondary N) is 1. The Morgan fingerprint density at radius 3 is 3.00 bits per heavy atom. The average molecular weight is 257 g/mol. The molecule has 2 heterocycles. The van der Waals surface area contributed by atoms with Gasteiger partial charge in [0.1, 0.15) is 0 Å². The molecule has 2 aliphatic rings. The third-order valence-corrected chi connectivity index (χ3v) is 4.04. The zero-order valence-electron chi connectivity index (χ0n) is 11.7. The van der Waals surface area contributed by atoms with Crippen LogP contribution in [0.3, 0.4) is 0 Å². The maximum atomic E-state index is 5.96. The zero-order chi connectivity index (χ0) is 12.8. The molecule has 0 aromatic rings. The third kappa shape index (κ3) is 3.67. The second-order valence-electron chi connectivity index (χ2n) is 5.63. The van der Waals surface area contributed by atoms with Crippen LogP contribution in [0.15, 0.2) is 0 Å². The van der Waals surface area contributed by atoms with Gasteiger partial charge in [-0.05, 0) is 19.3 Å². The Morgan fingerprint density at radius 2 is 2.33 bits per heavy atom. The average Bonchev–Trinajstić information content (AvgIpc) is 2.78. The molecule has 2 fully saturated rings. The van der Waals surface area contributed by atoms with Crippen molar-refractivity contribution in [2.45, 2.75) is 56.7 Å². The minimum absolute atomic E-state index is 0.000245. The number of hydrogen-bond donors (Lipinski definition) is 1. The van der Waals surface area contributed by atoms with E-state index < -0.39 is 0 Å². The summed E-state index contributed by atoms with van der Waals surface area (Å²) in [4.78, 5) is 0. The molecule has 1 spiro atoms. The Kier molecular flexibility index (Phi) is 5.42. The molecule has 0 aromatic heterocycles. The van der Waals surface area contributed by atoms with Crippen LogP contribution in [0.2, 0.25) is 0 Å². The van der Waals surface area contributed by atoms with Gasteiger partial charge >= 0.3 is 0 Å². The van der Waals surface area contributed by atoms with Crippen LogP contribution in [0.5, 0.6) is 0 Å². The topological polar surface area (TPSA) is 39.7 Å². The van der Waals surface area contributed by atoms with Gasteiger partial charge in [-0.3, -0.25) is 0 Å². The standard InChI is InChI=1S/C14H27NO3/c1-3-4-13(10-16-2)15-12-5-7-18-14(9-12)6-8-17-11-14/h12-13,15H,3-11H2,1-2H3. The molecule has 2 rings (SSSR count). The summed E-state index contributed by atoms with van der Waals surface area (Å²) in [6, 6.07) is 1.02. The fraction of sp³-hybridized carbons (Fsp3) is 1.00. The molecule has 3 unspecified atom stereocenters. The molecule has 0 bridgehead atoms. The van der Waals surface area contributed by atoms with Crippen LogP contribution in [0.1, 0.15) is 39.0 Å². The quantitative estimate of drug-likeness (QED) is 0.786. The van der Waals surface area contributed by atoms with Crippen molar-refractivity contribution in [2.75, 3.05) is 33.5 Å². The summed E-state index contributed by atoms with van der Waals surface area (Å²) < 4.78 is 16.8. The van der Waals surface area contributed by atoms with E-state index in [-0.39, 0.29) is 5.60 Å². The Balaban J connectivity index is 1.83. The zero-order valence-corrected chi connectivity index (χ0v) is 11.7. The Bertz CT molecular complexity index is 235. The fourth-order valence-electron chi connectivity index (χ4n) is 3.13. The molecule has 0 aliphatic carbocycles. The van der Waals surface area contributed by atoms with Gasteiger partial charge in [-0.1, -0.05) is 13.3 Å². The number of rotatable bonds is 6. The smallest absolute Gasteiger partial charge is 0.0951 e. The van der Waals surface area contributed by atoms with E-state index in [0.717, 1.165) is 45.7 Å². The van der Waals surface area contributed by atoms with Crippen LogP contribution < -0.4 is 5.32 Å². The molecule has 3 atom stereocenters. The first-order chi connectivity index (χ1) is 8.78. The van der Waals surface area contributed by atoms with Crippen molar-refractivity contribution in [3.8, 4) is 0 Å². The van der Waals surface area contributed by atoms with E-state index in [1.54, 1.807) is 7.11 Å². The van der Waals surface area contributed by atoms with E-state index in [1.165, 1.54) is 12.8 Å². The van der Waals surface area contributed by atoms with Gasteiger partial charge in [-0.2, -0.15) is 0 Å². The largest absolute Gasteiger partial charge is 0.383 e. The van der Waals surface area contributed by atoms with E-state index in [2.05, 4.69) is 12.2 Å². The fourth-order valence-corrected chi connectivity index (χ4v) is 3.13. The molecule has 0 radical (unpaired) electrons. The van der Waals surface area contributed by atoms with E-state index in [1.807, 2.05) is 0 Å². The van der Waals surface area contributed by atoms with Crippen molar-refractivity contribution in [2.24, 2.45) is 0 Å². The van der Waals surface area contributed by atoms with Crippen molar-refractivity contribution in [1.29, 1.82) is 0 Å². The van der Waals surface area contributed by atoms with Crippen molar-refractivity contribution in [3.63, 3.8) is 0 Å². The normalized spacial score (nSPS) is 34.0. The highest BCUT2D eigenvalue weighted by Crippen LogP contribution is 2.33. The summed E-state index contributed by atoms with van der Waals surface area (Å²) in [5.41, 5.74) is -0.000245. The highest BCUT2D eigenvalue weighted by molar-refractivity contribution is 4.93. The van der Waals surface area contributed by atoms with Crippen LogP contribution in [-0.2, 0) is 14.2 Å². The lowest BCUT2D eigenvalue weighted by Gasteiger charge is -2.39.